The van der Waals surface area contributed by atoms with Crippen LogP contribution in [0.1, 0.15) is 47.8 Å². The van der Waals surface area contributed by atoms with E-state index in [9.17, 15) is 19.7 Å². The number of esters is 1. The third-order valence-corrected chi connectivity index (χ3v) is 4.22. The molecule has 2 rings (SSSR count). The minimum atomic E-state index is -0.779. The monoisotopic (exact) mass is 384 g/mol. The molecule has 2 aromatic carbocycles. The van der Waals surface area contributed by atoms with Gasteiger partial charge in [-0.1, -0.05) is 50.2 Å². The Morgan fingerprint density at radius 1 is 1.14 bits per heavy atom. The van der Waals surface area contributed by atoms with E-state index in [1.54, 1.807) is 6.92 Å². The van der Waals surface area contributed by atoms with Crippen LogP contribution in [-0.2, 0) is 9.53 Å². The van der Waals surface area contributed by atoms with Crippen LogP contribution in [0.3, 0.4) is 0 Å². The molecule has 0 heterocycles. The number of carbonyl (C=O) groups is 2. The molecule has 0 aliphatic carbocycles. The highest BCUT2D eigenvalue weighted by molar-refractivity contribution is 5.92. The van der Waals surface area contributed by atoms with Crippen LogP contribution >= 0.6 is 0 Å². The minimum absolute atomic E-state index is 0.0342. The number of nitrogens with one attached hydrogen (secondary N) is 1. The van der Waals surface area contributed by atoms with Crippen molar-refractivity contribution in [2.75, 3.05) is 6.61 Å². The van der Waals surface area contributed by atoms with Crippen molar-refractivity contribution in [3.05, 3.63) is 75.3 Å². The van der Waals surface area contributed by atoms with Crippen molar-refractivity contribution in [3.8, 4) is 0 Å². The fourth-order valence-corrected chi connectivity index (χ4v) is 2.82. The van der Waals surface area contributed by atoms with E-state index in [-0.39, 0.29) is 17.3 Å². The van der Waals surface area contributed by atoms with E-state index in [4.69, 9.17) is 4.74 Å². The summed E-state index contributed by atoms with van der Waals surface area (Å²) in [6.07, 6.45) is 0.744. The molecule has 28 heavy (non-hydrogen) atoms. The molecule has 148 valence electrons. The Labute approximate surface area is 163 Å². The molecule has 0 saturated carbocycles. The quantitative estimate of drug-likeness (QED) is 0.422. The Morgan fingerprint density at radius 2 is 1.82 bits per heavy atom. The molecule has 0 radical (unpaired) electrons. The first kappa shape index (κ1) is 21.1. The Morgan fingerprint density at radius 3 is 2.43 bits per heavy atom. The summed E-state index contributed by atoms with van der Waals surface area (Å²) < 4.78 is 5.03. The van der Waals surface area contributed by atoms with Crippen LogP contribution in [-0.4, -0.2) is 23.4 Å². The number of rotatable bonds is 8. The number of nitrogens with zero attached hydrogens (tertiary/aromatic N) is 1. The van der Waals surface area contributed by atoms with Crippen molar-refractivity contribution >= 4 is 17.6 Å². The average molecular weight is 384 g/mol. The zero-order chi connectivity index (χ0) is 20.7. The molecule has 7 nitrogen and oxygen atoms in total. The lowest BCUT2D eigenvalue weighted by molar-refractivity contribution is -0.385. The van der Waals surface area contributed by atoms with Gasteiger partial charge in [0.1, 0.15) is 0 Å². The molecule has 0 bridgehead atoms. The summed E-state index contributed by atoms with van der Waals surface area (Å²) in [5.41, 5.74) is 1.29. The van der Waals surface area contributed by atoms with Gasteiger partial charge in [0.05, 0.1) is 16.5 Å². The molecule has 1 N–H and O–H groups in total. The van der Waals surface area contributed by atoms with E-state index in [1.165, 1.54) is 12.1 Å². The Kier molecular flexibility index (Phi) is 7.26. The zero-order valence-corrected chi connectivity index (χ0v) is 16.2. The van der Waals surface area contributed by atoms with Gasteiger partial charge in [-0.05, 0) is 30.9 Å². The van der Waals surface area contributed by atoms with Crippen LogP contribution in [0.5, 0.6) is 0 Å². The van der Waals surface area contributed by atoms with Gasteiger partial charge < -0.3 is 10.1 Å². The van der Waals surface area contributed by atoms with Gasteiger partial charge in [-0.25, -0.2) is 4.79 Å². The van der Waals surface area contributed by atoms with Gasteiger partial charge >= 0.3 is 5.97 Å². The molecule has 1 atom stereocenters. The Hall–Kier alpha value is -3.22. The van der Waals surface area contributed by atoms with Crippen LogP contribution < -0.4 is 5.32 Å². The first-order valence-corrected chi connectivity index (χ1v) is 9.04. The Bertz CT molecular complexity index is 849. The average Bonchev–Trinajstić information content (AvgIpc) is 2.66. The summed E-state index contributed by atoms with van der Waals surface area (Å²) in [6, 6.07) is 13.5. The number of benzene rings is 2. The molecule has 0 aliphatic rings. The number of hydrogen-bond acceptors (Lipinski definition) is 5. The molecule has 7 heteroatoms. The summed E-state index contributed by atoms with van der Waals surface area (Å²) >= 11 is 0. The number of nitro benzene ring substituents is 1. The van der Waals surface area contributed by atoms with E-state index >= 15 is 0 Å². The van der Waals surface area contributed by atoms with Crippen molar-refractivity contribution in [2.45, 2.75) is 33.2 Å². The number of ether oxygens (including phenoxy) is 1. The summed E-state index contributed by atoms with van der Waals surface area (Å²) in [5, 5.41) is 13.9. The van der Waals surface area contributed by atoms with Crippen LogP contribution in [0.15, 0.2) is 48.5 Å². The predicted octanol–water partition coefficient (Wildman–Crippen LogP) is 3.96. The lowest BCUT2D eigenvalue weighted by Crippen LogP contribution is -2.33. The largest absolute Gasteiger partial charge is 0.452 e. The van der Waals surface area contributed by atoms with Gasteiger partial charge in [0.2, 0.25) is 0 Å². The SMILES string of the molecule is Cc1ccc(C(=O)OCC(=O)N[C@@H](CC(C)C)c2ccccc2)cc1[N+](=O)[O-]. The topological polar surface area (TPSA) is 98.5 Å². The van der Waals surface area contributed by atoms with Gasteiger partial charge in [-0.3, -0.25) is 14.9 Å². The Balaban J connectivity index is 1.99. The maximum Gasteiger partial charge on any atom is 0.338 e. The fraction of sp³-hybridized carbons (Fsp3) is 0.333. The second kappa shape index (κ2) is 9.64. The van der Waals surface area contributed by atoms with Crippen LogP contribution in [0.4, 0.5) is 5.69 Å². The third kappa shape index (κ3) is 5.90. The molecular weight excluding hydrogens is 360 g/mol. The normalized spacial score (nSPS) is 11.7. The highest BCUT2D eigenvalue weighted by atomic mass is 16.6. The molecule has 0 saturated heterocycles. The standard InChI is InChI=1S/C21H24N2O5/c1-14(2)11-18(16-7-5-4-6-8-16)22-20(24)13-28-21(25)17-10-9-15(3)19(12-17)23(26)27/h4-10,12,14,18H,11,13H2,1-3H3,(H,22,24)/t18-/m0/s1. The van der Waals surface area contributed by atoms with E-state index in [0.29, 0.717) is 11.5 Å². The van der Waals surface area contributed by atoms with Crippen LogP contribution in [0.2, 0.25) is 0 Å². The zero-order valence-electron chi connectivity index (χ0n) is 16.2. The maximum atomic E-state index is 12.3. The van der Waals surface area contributed by atoms with Gasteiger partial charge in [-0.2, -0.15) is 0 Å². The summed E-state index contributed by atoms with van der Waals surface area (Å²) in [6.45, 7) is 5.25. The second-order valence-electron chi connectivity index (χ2n) is 6.99. The van der Waals surface area contributed by atoms with Crippen molar-refractivity contribution in [1.29, 1.82) is 0 Å². The molecular formula is C21H24N2O5. The number of amides is 1. The molecule has 0 unspecified atom stereocenters. The molecule has 1 amide bonds. The van der Waals surface area contributed by atoms with Crippen LogP contribution in [0, 0.1) is 23.0 Å². The summed E-state index contributed by atoms with van der Waals surface area (Å²) in [7, 11) is 0. The first-order chi connectivity index (χ1) is 13.3. The van der Waals surface area contributed by atoms with Crippen molar-refractivity contribution in [2.24, 2.45) is 5.92 Å². The molecule has 0 fully saturated rings. The van der Waals surface area contributed by atoms with Crippen molar-refractivity contribution in [3.63, 3.8) is 0 Å². The van der Waals surface area contributed by atoms with Crippen molar-refractivity contribution in [1.82, 2.24) is 5.32 Å². The maximum absolute atomic E-state index is 12.3. The molecule has 0 aliphatic heterocycles. The van der Waals surface area contributed by atoms with E-state index in [2.05, 4.69) is 19.2 Å². The number of aryl methyl sites for hydroxylation is 1. The number of hydrogen-bond donors (Lipinski definition) is 1. The van der Waals surface area contributed by atoms with Crippen LogP contribution in [0.25, 0.3) is 0 Å². The van der Waals surface area contributed by atoms with Gasteiger partial charge in [0, 0.05) is 11.6 Å². The lowest BCUT2D eigenvalue weighted by atomic mass is 9.97. The van der Waals surface area contributed by atoms with E-state index < -0.39 is 23.4 Å². The number of carbonyl (C=O) groups excluding carboxylic acids is 2. The van der Waals surface area contributed by atoms with Gasteiger partial charge in [0.15, 0.2) is 6.61 Å². The third-order valence-electron chi connectivity index (χ3n) is 4.22. The fourth-order valence-electron chi connectivity index (χ4n) is 2.82. The number of nitro groups is 1. The van der Waals surface area contributed by atoms with Gasteiger partial charge in [0.25, 0.3) is 11.6 Å². The van der Waals surface area contributed by atoms with Crippen molar-refractivity contribution < 1.29 is 19.2 Å². The smallest absolute Gasteiger partial charge is 0.338 e. The summed E-state index contributed by atoms with van der Waals surface area (Å²) in [5.74, 6) is -0.844. The molecule has 2 aromatic rings. The molecule has 0 aromatic heterocycles. The lowest BCUT2D eigenvalue weighted by Gasteiger charge is -2.21. The minimum Gasteiger partial charge on any atom is -0.452 e. The van der Waals surface area contributed by atoms with Gasteiger partial charge in [-0.15, -0.1) is 0 Å². The highest BCUT2D eigenvalue weighted by Gasteiger charge is 2.19. The second-order valence-corrected chi connectivity index (χ2v) is 6.99. The summed E-state index contributed by atoms with van der Waals surface area (Å²) in [4.78, 5) is 34.9. The highest BCUT2D eigenvalue weighted by Crippen LogP contribution is 2.21. The van der Waals surface area contributed by atoms with E-state index in [1.807, 2.05) is 30.3 Å². The first-order valence-electron chi connectivity index (χ1n) is 9.04. The predicted molar refractivity (Wildman–Crippen MR) is 105 cm³/mol. The van der Waals surface area contributed by atoms with E-state index in [0.717, 1.165) is 18.1 Å². The molecule has 0 spiro atoms.